The van der Waals surface area contributed by atoms with E-state index in [-0.39, 0.29) is 25.9 Å². The Kier molecular flexibility index (Phi) is 7.32. The van der Waals surface area contributed by atoms with Crippen molar-refractivity contribution >= 4 is 29.5 Å². The van der Waals surface area contributed by atoms with Gasteiger partial charge in [-0.1, -0.05) is 30.3 Å². The zero-order valence-corrected chi connectivity index (χ0v) is 13.0. The first-order valence-corrected chi connectivity index (χ1v) is 7.07. The maximum absolute atomic E-state index is 11.6. The number of rotatable bonds is 7. The van der Waals surface area contributed by atoms with Crippen LogP contribution in [0.5, 0.6) is 0 Å². The summed E-state index contributed by atoms with van der Waals surface area (Å²) in [7, 11) is 0. The van der Waals surface area contributed by atoms with Crippen LogP contribution < -0.4 is 0 Å². The molecule has 0 radical (unpaired) electrons. The van der Waals surface area contributed by atoms with E-state index < -0.39 is 17.9 Å². The molecule has 5 nitrogen and oxygen atoms in total. The lowest BCUT2D eigenvalue weighted by Gasteiger charge is -2.05. The van der Waals surface area contributed by atoms with Gasteiger partial charge in [-0.15, -0.1) is 0 Å². The van der Waals surface area contributed by atoms with E-state index in [4.69, 9.17) is 16.3 Å². The highest BCUT2D eigenvalue weighted by Crippen LogP contribution is 2.10. The van der Waals surface area contributed by atoms with E-state index in [9.17, 15) is 14.4 Å². The predicted octanol–water partition coefficient (Wildman–Crippen LogP) is 2.85. The molecule has 0 saturated heterocycles. The van der Waals surface area contributed by atoms with Gasteiger partial charge in [0.2, 0.25) is 0 Å². The SMILES string of the molecule is C=C(C)C(=O)OCCCC(=O)OC(=O)Cc1ccc(Cl)cc1. The standard InChI is InChI=1S/C16H17ClO5/c1-11(2)16(20)21-9-3-4-14(18)22-15(19)10-12-5-7-13(17)8-6-12/h5-8H,1,3-4,9-10H2,2H3. The minimum atomic E-state index is -0.648. The molecular formula is C16H17ClO5. The van der Waals surface area contributed by atoms with Crippen molar-refractivity contribution in [2.24, 2.45) is 0 Å². The van der Waals surface area contributed by atoms with Crippen molar-refractivity contribution in [2.45, 2.75) is 26.2 Å². The molecule has 0 fully saturated rings. The van der Waals surface area contributed by atoms with Crippen molar-refractivity contribution in [1.82, 2.24) is 0 Å². The number of hydrogen-bond donors (Lipinski definition) is 0. The van der Waals surface area contributed by atoms with Crippen molar-refractivity contribution in [2.75, 3.05) is 6.61 Å². The highest BCUT2D eigenvalue weighted by Gasteiger charge is 2.12. The summed E-state index contributed by atoms with van der Waals surface area (Å²) >= 11 is 5.73. The molecule has 0 aliphatic rings. The molecule has 0 amide bonds. The molecule has 1 aromatic rings. The van der Waals surface area contributed by atoms with E-state index in [0.29, 0.717) is 16.2 Å². The first kappa shape index (κ1) is 17.9. The summed E-state index contributed by atoms with van der Waals surface area (Å²) in [6, 6.07) is 6.68. The van der Waals surface area contributed by atoms with Crippen LogP contribution in [0.4, 0.5) is 0 Å². The second-order valence-corrected chi connectivity index (χ2v) is 5.11. The number of esters is 3. The van der Waals surface area contributed by atoms with Crippen LogP contribution in [0.3, 0.4) is 0 Å². The van der Waals surface area contributed by atoms with E-state index in [1.807, 2.05) is 0 Å². The molecule has 0 bridgehead atoms. The zero-order valence-electron chi connectivity index (χ0n) is 12.3. The zero-order chi connectivity index (χ0) is 16.5. The van der Waals surface area contributed by atoms with Crippen molar-refractivity contribution in [3.63, 3.8) is 0 Å². The third-order valence-electron chi connectivity index (χ3n) is 2.60. The maximum Gasteiger partial charge on any atom is 0.333 e. The Morgan fingerprint density at radius 1 is 1.14 bits per heavy atom. The molecule has 0 aliphatic carbocycles. The van der Waals surface area contributed by atoms with Crippen LogP contribution in [0, 0.1) is 0 Å². The van der Waals surface area contributed by atoms with Gasteiger partial charge in [-0.25, -0.2) is 4.79 Å². The molecule has 0 aromatic heterocycles. The van der Waals surface area contributed by atoms with Gasteiger partial charge in [0.15, 0.2) is 0 Å². The van der Waals surface area contributed by atoms with Crippen LogP contribution in [-0.2, 0) is 30.3 Å². The van der Waals surface area contributed by atoms with Crippen LogP contribution in [-0.4, -0.2) is 24.5 Å². The normalized spacial score (nSPS) is 9.91. The van der Waals surface area contributed by atoms with Crippen LogP contribution in [0.15, 0.2) is 36.4 Å². The van der Waals surface area contributed by atoms with Gasteiger partial charge in [-0.2, -0.15) is 0 Å². The van der Waals surface area contributed by atoms with Crippen LogP contribution >= 0.6 is 11.6 Å². The predicted molar refractivity (Wildman–Crippen MR) is 81.3 cm³/mol. The summed E-state index contributed by atoms with van der Waals surface area (Å²) in [5.41, 5.74) is 0.998. The van der Waals surface area contributed by atoms with E-state index in [1.165, 1.54) is 6.92 Å². The summed E-state index contributed by atoms with van der Waals surface area (Å²) in [5.74, 6) is -1.79. The van der Waals surface area contributed by atoms with Crippen LogP contribution in [0.1, 0.15) is 25.3 Å². The Morgan fingerprint density at radius 2 is 1.77 bits per heavy atom. The molecule has 1 rings (SSSR count). The number of carbonyl (C=O) groups excluding carboxylic acids is 3. The fourth-order valence-corrected chi connectivity index (χ4v) is 1.61. The monoisotopic (exact) mass is 324 g/mol. The van der Waals surface area contributed by atoms with Gasteiger partial charge in [0.1, 0.15) is 0 Å². The smallest absolute Gasteiger partial charge is 0.333 e. The highest BCUT2D eigenvalue weighted by atomic mass is 35.5. The number of benzene rings is 1. The summed E-state index contributed by atoms with van der Waals surface area (Å²) in [5, 5.41) is 0.567. The van der Waals surface area contributed by atoms with Gasteiger partial charge in [0.05, 0.1) is 13.0 Å². The maximum atomic E-state index is 11.6. The third kappa shape index (κ3) is 7.04. The fourth-order valence-electron chi connectivity index (χ4n) is 1.49. The molecular weight excluding hydrogens is 308 g/mol. The molecule has 0 N–H and O–H groups in total. The Hall–Kier alpha value is -2.14. The van der Waals surface area contributed by atoms with Crippen molar-refractivity contribution in [1.29, 1.82) is 0 Å². The Morgan fingerprint density at radius 3 is 2.36 bits per heavy atom. The molecule has 118 valence electrons. The number of carbonyl (C=O) groups is 3. The second-order valence-electron chi connectivity index (χ2n) is 4.67. The van der Waals surface area contributed by atoms with E-state index in [2.05, 4.69) is 11.3 Å². The highest BCUT2D eigenvalue weighted by molar-refractivity contribution is 6.30. The lowest BCUT2D eigenvalue weighted by atomic mass is 10.1. The average molecular weight is 325 g/mol. The summed E-state index contributed by atoms with van der Waals surface area (Å²) in [6.07, 6.45) is 0.273. The quantitative estimate of drug-likeness (QED) is 0.334. The van der Waals surface area contributed by atoms with Crippen molar-refractivity contribution in [3.05, 3.63) is 47.0 Å². The van der Waals surface area contributed by atoms with Gasteiger partial charge in [-0.3, -0.25) is 9.59 Å². The first-order valence-electron chi connectivity index (χ1n) is 6.69. The molecule has 0 unspecified atom stereocenters. The number of hydrogen-bond acceptors (Lipinski definition) is 5. The Labute approximate surface area is 133 Å². The Bertz CT molecular complexity index is 562. The van der Waals surface area contributed by atoms with Gasteiger partial charge in [0.25, 0.3) is 0 Å². The molecule has 0 atom stereocenters. The fraction of sp³-hybridized carbons (Fsp3) is 0.312. The molecule has 0 spiro atoms. The largest absolute Gasteiger partial charge is 0.462 e. The van der Waals surface area contributed by atoms with E-state index in [1.54, 1.807) is 24.3 Å². The molecule has 22 heavy (non-hydrogen) atoms. The Balaban J connectivity index is 2.24. The number of halogens is 1. The topological polar surface area (TPSA) is 69.7 Å². The van der Waals surface area contributed by atoms with Crippen LogP contribution in [0.25, 0.3) is 0 Å². The van der Waals surface area contributed by atoms with E-state index in [0.717, 1.165) is 0 Å². The van der Waals surface area contributed by atoms with Crippen molar-refractivity contribution < 1.29 is 23.9 Å². The molecule has 6 heteroatoms. The molecule has 0 heterocycles. The summed E-state index contributed by atoms with van der Waals surface area (Å²) in [4.78, 5) is 34.1. The molecule has 0 saturated carbocycles. The lowest BCUT2D eigenvalue weighted by Crippen LogP contribution is -2.15. The average Bonchev–Trinajstić information content (AvgIpc) is 2.45. The minimum absolute atomic E-state index is 0.00414. The summed E-state index contributed by atoms with van der Waals surface area (Å²) in [6.45, 7) is 5.04. The lowest BCUT2D eigenvalue weighted by molar-refractivity contribution is -0.159. The van der Waals surface area contributed by atoms with Gasteiger partial charge in [0, 0.05) is 17.0 Å². The summed E-state index contributed by atoms with van der Waals surface area (Å²) < 4.78 is 9.49. The van der Waals surface area contributed by atoms with Crippen LogP contribution in [0.2, 0.25) is 5.02 Å². The minimum Gasteiger partial charge on any atom is -0.462 e. The number of ether oxygens (including phenoxy) is 2. The van der Waals surface area contributed by atoms with E-state index >= 15 is 0 Å². The van der Waals surface area contributed by atoms with Gasteiger partial charge >= 0.3 is 17.9 Å². The van der Waals surface area contributed by atoms with Crippen molar-refractivity contribution in [3.8, 4) is 0 Å². The first-order chi connectivity index (χ1) is 10.4. The third-order valence-corrected chi connectivity index (χ3v) is 2.85. The molecule has 0 aliphatic heterocycles. The second kappa shape index (κ2) is 9.00. The van der Waals surface area contributed by atoms with Gasteiger partial charge in [-0.05, 0) is 31.0 Å². The molecule has 1 aromatic carbocycles. The van der Waals surface area contributed by atoms with Gasteiger partial charge < -0.3 is 9.47 Å².